The van der Waals surface area contributed by atoms with Gasteiger partial charge in [-0.05, 0) is 26.0 Å². The molecule has 2 aromatic rings. The van der Waals surface area contributed by atoms with Crippen LogP contribution >= 0.6 is 0 Å². The van der Waals surface area contributed by atoms with E-state index in [1.165, 1.54) is 0 Å². The van der Waals surface area contributed by atoms with Crippen molar-refractivity contribution in [3.63, 3.8) is 0 Å². The van der Waals surface area contributed by atoms with Gasteiger partial charge in [-0.3, -0.25) is 9.59 Å². The Balaban J connectivity index is 2.38. The maximum atomic E-state index is 12.1. The van der Waals surface area contributed by atoms with Gasteiger partial charge in [0.05, 0.1) is 23.6 Å². The zero-order chi connectivity index (χ0) is 16.5. The Morgan fingerprint density at radius 3 is 2.50 bits per heavy atom. The van der Waals surface area contributed by atoms with E-state index in [0.717, 1.165) is 11.0 Å². The first-order chi connectivity index (χ1) is 10.2. The molecule has 0 spiro atoms. The van der Waals surface area contributed by atoms with Crippen LogP contribution in [-0.2, 0) is 16.1 Å². The largest absolute Gasteiger partial charge is 0.348 e. The van der Waals surface area contributed by atoms with Crippen molar-refractivity contribution in [2.75, 3.05) is 0 Å². The fourth-order valence-electron chi connectivity index (χ4n) is 2.26. The number of amides is 1. The second kappa shape index (κ2) is 5.91. The number of rotatable bonds is 4. The summed E-state index contributed by atoms with van der Waals surface area (Å²) < 4.78 is 1.90. The Morgan fingerprint density at radius 2 is 1.91 bits per heavy atom. The standard InChI is InChI=1S/C17H23N3O2/c1-11(12(2)21)20-14-9-7-6-8-13(14)19-15(20)10-18-16(22)17(3,4)5/h6-9,11H,10H2,1-5H3,(H,18,22). The van der Waals surface area contributed by atoms with Crippen molar-refractivity contribution in [2.24, 2.45) is 5.41 Å². The lowest BCUT2D eigenvalue weighted by Crippen LogP contribution is -2.35. The number of nitrogens with zero attached hydrogens (tertiary/aromatic N) is 2. The van der Waals surface area contributed by atoms with Crippen LogP contribution in [-0.4, -0.2) is 21.2 Å². The SMILES string of the molecule is CC(=O)C(C)n1c(CNC(=O)C(C)(C)C)nc2ccccc21. The second-order valence-electron chi connectivity index (χ2n) is 6.61. The number of carbonyl (C=O) groups is 2. The van der Waals surface area contributed by atoms with Gasteiger partial charge in [0.2, 0.25) is 5.91 Å². The highest BCUT2D eigenvalue weighted by Gasteiger charge is 2.23. The molecule has 1 amide bonds. The predicted octanol–water partition coefficient (Wildman–Crippen LogP) is 2.85. The summed E-state index contributed by atoms with van der Waals surface area (Å²) in [5, 5.41) is 2.90. The quantitative estimate of drug-likeness (QED) is 0.944. The number of carbonyl (C=O) groups excluding carboxylic acids is 2. The van der Waals surface area contributed by atoms with Gasteiger partial charge in [0.1, 0.15) is 5.82 Å². The molecule has 1 N–H and O–H groups in total. The average Bonchev–Trinajstić information content (AvgIpc) is 2.80. The lowest BCUT2D eigenvalue weighted by Gasteiger charge is -2.19. The minimum Gasteiger partial charge on any atom is -0.348 e. The van der Waals surface area contributed by atoms with Crippen molar-refractivity contribution < 1.29 is 9.59 Å². The van der Waals surface area contributed by atoms with E-state index < -0.39 is 5.41 Å². The molecule has 118 valence electrons. The number of para-hydroxylation sites is 2. The number of benzene rings is 1. The van der Waals surface area contributed by atoms with Crippen molar-refractivity contribution in [3.05, 3.63) is 30.1 Å². The highest BCUT2D eigenvalue weighted by molar-refractivity contribution is 5.84. The summed E-state index contributed by atoms with van der Waals surface area (Å²) in [7, 11) is 0. The van der Waals surface area contributed by atoms with E-state index >= 15 is 0 Å². The van der Waals surface area contributed by atoms with Gasteiger partial charge in [0.15, 0.2) is 5.78 Å². The molecule has 0 bridgehead atoms. The topological polar surface area (TPSA) is 64.0 Å². The molecule has 0 fully saturated rings. The number of imidazole rings is 1. The molecular formula is C17H23N3O2. The van der Waals surface area contributed by atoms with Crippen LogP contribution in [0.4, 0.5) is 0 Å². The molecule has 5 heteroatoms. The normalized spacial score (nSPS) is 13.1. The van der Waals surface area contributed by atoms with Crippen molar-refractivity contribution in [3.8, 4) is 0 Å². The predicted molar refractivity (Wildman–Crippen MR) is 86.4 cm³/mol. The summed E-state index contributed by atoms with van der Waals surface area (Å²) in [6.45, 7) is 9.32. The molecular weight excluding hydrogens is 278 g/mol. The first-order valence-electron chi connectivity index (χ1n) is 7.46. The maximum absolute atomic E-state index is 12.1. The molecule has 5 nitrogen and oxygen atoms in total. The number of ketones is 1. The summed E-state index contributed by atoms with van der Waals surface area (Å²) in [5.74, 6) is 0.717. The van der Waals surface area contributed by atoms with Crippen LogP contribution in [0, 0.1) is 5.41 Å². The Morgan fingerprint density at radius 1 is 1.27 bits per heavy atom. The number of aromatic nitrogens is 2. The van der Waals surface area contributed by atoms with Crippen LogP contribution in [0.25, 0.3) is 11.0 Å². The van der Waals surface area contributed by atoms with Crippen LogP contribution < -0.4 is 5.32 Å². The average molecular weight is 301 g/mol. The Hall–Kier alpha value is -2.17. The van der Waals surface area contributed by atoms with Gasteiger partial charge in [-0.25, -0.2) is 4.98 Å². The summed E-state index contributed by atoms with van der Waals surface area (Å²) in [6, 6.07) is 7.37. The number of fused-ring (bicyclic) bond motifs is 1. The van der Waals surface area contributed by atoms with Crippen molar-refractivity contribution in [1.29, 1.82) is 0 Å². The number of hydrogen-bond donors (Lipinski definition) is 1. The van der Waals surface area contributed by atoms with Gasteiger partial charge in [0, 0.05) is 5.41 Å². The van der Waals surface area contributed by atoms with E-state index in [1.807, 2.05) is 56.5 Å². The third-order valence-electron chi connectivity index (χ3n) is 3.73. The van der Waals surface area contributed by atoms with Gasteiger partial charge in [0.25, 0.3) is 0 Å². The van der Waals surface area contributed by atoms with Gasteiger partial charge >= 0.3 is 0 Å². The molecule has 2 rings (SSSR count). The van der Waals surface area contributed by atoms with Crippen LogP contribution in [0.2, 0.25) is 0 Å². The first-order valence-corrected chi connectivity index (χ1v) is 7.46. The van der Waals surface area contributed by atoms with Crippen LogP contribution in [0.5, 0.6) is 0 Å². The number of Topliss-reactive ketones (excluding diaryl/α,β-unsaturated/α-hetero) is 1. The van der Waals surface area contributed by atoms with Gasteiger partial charge in [-0.1, -0.05) is 32.9 Å². The maximum Gasteiger partial charge on any atom is 0.225 e. The Bertz CT molecular complexity index is 710. The summed E-state index contributed by atoms with van der Waals surface area (Å²) >= 11 is 0. The fraction of sp³-hybridized carbons (Fsp3) is 0.471. The van der Waals surface area contributed by atoms with Crippen molar-refractivity contribution in [1.82, 2.24) is 14.9 Å². The highest BCUT2D eigenvalue weighted by Crippen LogP contribution is 2.22. The minimum absolute atomic E-state index is 0.0402. The smallest absolute Gasteiger partial charge is 0.225 e. The third kappa shape index (κ3) is 3.18. The number of hydrogen-bond acceptors (Lipinski definition) is 3. The highest BCUT2D eigenvalue weighted by atomic mass is 16.2. The van der Waals surface area contributed by atoms with Gasteiger partial charge in [-0.2, -0.15) is 0 Å². The first kappa shape index (κ1) is 16.2. The van der Waals surface area contributed by atoms with Crippen molar-refractivity contribution in [2.45, 2.75) is 47.2 Å². The fourth-order valence-corrected chi connectivity index (χ4v) is 2.26. The van der Waals surface area contributed by atoms with E-state index in [9.17, 15) is 9.59 Å². The lowest BCUT2D eigenvalue weighted by atomic mass is 9.96. The summed E-state index contributed by atoms with van der Waals surface area (Å²) in [4.78, 5) is 28.4. The van der Waals surface area contributed by atoms with E-state index in [2.05, 4.69) is 10.3 Å². The molecule has 0 saturated heterocycles. The van der Waals surface area contributed by atoms with Crippen LogP contribution in [0.1, 0.15) is 46.5 Å². The molecule has 0 saturated carbocycles. The van der Waals surface area contributed by atoms with Crippen LogP contribution in [0.15, 0.2) is 24.3 Å². The third-order valence-corrected chi connectivity index (χ3v) is 3.73. The molecule has 1 unspecified atom stereocenters. The molecule has 0 aliphatic rings. The van der Waals surface area contributed by atoms with Gasteiger partial charge in [-0.15, -0.1) is 0 Å². The number of nitrogens with one attached hydrogen (secondary N) is 1. The van der Waals surface area contributed by atoms with E-state index in [4.69, 9.17) is 0 Å². The minimum atomic E-state index is -0.455. The molecule has 0 aliphatic carbocycles. The van der Waals surface area contributed by atoms with Crippen LogP contribution in [0.3, 0.4) is 0 Å². The molecule has 1 atom stereocenters. The zero-order valence-electron chi connectivity index (χ0n) is 13.8. The molecule has 22 heavy (non-hydrogen) atoms. The van der Waals surface area contributed by atoms with E-state index in [0.29, 0.717) is 12.4 Å². The Kier molecular flexibility index (Phi) is 4.35. The molecule has 1 aromatic heterocycles. The molecule has 0 aliphatic heterocycles. The summed E-state index contributed by atoms with van der Waals surface area (Å²) in [6.07, 6.45) is 0. The lowest BCUT2D eigenvalue weighted by molar-refractivity contribution is -0.128. The summed E-state index contributed by atoms with van der Waals surface area (Å²) in [5.41, 5.74) is 1.28. The van der Waals surface area contributed by atoms with Crippen molar-refractivity contribution >= 4 is 22.7 Å². The Labute approximate surface area is 130 Å². The second-order valence-corrected chi connectivity index (χ2v) is 6.61. The van der Waals surface area contributed by atoms with E-state index in [-0.39, 0.29) is 17.7 Å². The molecule has 0 radical (unpaired) electrons. The molecule has 1 aromatic carbocycles. The zero-order valence-corrected chi connectivity index (χ0v) is 13.8. The van der Waals surface area contributed by atoms with Gasteiger partial charge < -0.3 is 9.88 Å². The van der Waals surface area contributed by atoms with E-state index in [1.54, 1.807) is 6.92 Å². The molecule has 1 heterocycles. The monoisotopic (exact) mass is 301 g/mol.